The zero-order valence-corrected chi connectivity index (χ0v) is 8.75. The molecule has 0 aliphatic heterocycles. The van der Waals surface area contributed by atoms with E-state index in [0.29, 0.717) is 0 Å². The van der Waals surface area contributed by atoms with Gasteiger partial charge in [0.05, 0.1) is 12.5 Å². The normalized spacial score (nSPS) is 11.3. The number of thiol groups is 1. The third-order valence-electron chi connectivity index (χ3n) is 1.52. The Kier molecular flexibility index (Phi) is 6.61. The molecule has 0 bridgehead atoms. The molecule has 0 saturated carbocycles. The van der Waals surface area contributed by atoms with Crippen molar-refractivity contribution < 1.29 is 9.59 Å². The Morgan fingerprint density at radius 3 is 2.71 bits per heavy atom. The maximum absolute atomic E-state index is 11.1. The zero-order valence-electron chi connectivity index (χ0n) is 7.86. The fourth-order valence-corrected chi connectivity index (χ4v) is 1.09. The molecule has 0 radical (unpaired) electrons. The molecule has 1 amide bonds. The molecule has 0 aromatic heterocycles. The van der Waals surface area contributed by atoms with E-state index in [9.17, 15) is 9.59 Å². The quantitative estimate of drug-likeness (QED) is 0.330. The van der Waals surface area contributed by atoms with Gasteiger partial charge in [-0.3, -0.25) is 9.59 Å². The highest BCUT2D eigenvalue weighted by molar-refractivity contribution is 7.80. The Balaban J connectivity index is 3.90. The Bertz CT molecular complexity index is 262. The minimum atomic E-state index is -0.543. The van der Waals surface area contributed by atoms with Crippen molar-refractivity contribution in [3.05, 3.63) is 0 Å². The van der Waals surface area contributed by atoms with Crippen LogP contribution in [0.4, 0.5) is 0 Å². The molecule has 0 fully saturated rings. The number of nitrogens with zero attached hydrogens (tertiary/aromatic N) is 2. The summed E-state index contributed by atoms with van der Waals surface area (Å²) in [5.41, 5.74) is 6.35. The Hall–Kier alpha value is -1.20. The van der Waals surface area contributed by atoms with Crippen LogP contribution in [0.15, 0.2) is 5.11 Å². The smallest absolute Gasteiger partial charge is 0.222 e. The van der Waals surface area contributed by atoms with E-state index < -0.39 is 6.04 Å². The van der Waals surface area contributed by atoms with Crippen LogP contribution in [-0.2, 0) is 9.59 Å². The molecular weight excluding hydrogens is 204 g/mol. The lowest BCUT2D eigenvalue weighted by atomic mass is 10.2. The first-order valence-electron chi connectivity index (χ1n) is 4.05. The van der Waals surface area contributed by atoms with Crippen LogP contribution in [0, 0.1) is 5.53 Å². The highest BCUT2D eigenvalue weighted by atomic mass is 32.1. The molecule has 6 nitrogen and oxygen atoms in total. The minimum absolute atomic E-state index is 0.125. The van der Waals surface area contributed by atoms with Gasteiger partial charge in [-0.2, -0.15) is 12.6 Å². The molecule has 78 valence electrons. The van der Waals surface area contributed by atoms with E-state index in [-0.39, 0.29) is 30.4 Å². The van der Waals surface area contributed by atoms with E-state index in [2.05, 4.69) is 28.0 Å². The standard InChI is InChI=1S/C7H12N4O2S/c1-5(12)6(4-14)10-7(13)2-3-9-11-8/h6,8H,2-4H2,1H3,(H-,10,13,14)/p+1. The van der Waals surface area contributed by atoms with Crippen LogP contribution in [0.1, 0.15) is 13.3 Å². The van der Waals surface area contributed by atoms with E-state index in [1.165, 1.54) is 6.92 Å². The number of carbonyl (C=O) groups excluding carboxylic acids is 2. The lowest BCUT2D eigenvalue weighted by molar-refractivity contribution is -0.126. The number of rotatable bonds is 6. The maximum atomic E-state index is 11.1. The van der Waals surface area contributed by atoms with Crippen LogP contribution in [0.2, 0.25) is 0 Å². The Morgan fingerprint density at radius 1 is 1.64 bits per heavy atom. The Labute approximate surface area is 87.1 Å². The van der Waals surface area contributed by atoms with Crippen molar-refractivity contribution in [1.82, 2.24) is 10.2 Å². The van der Waals surface area contributed by atoms with Crippen molar-refractivity contribution >= 4 is 24.3 Å². The van der Waals surface area contributed by atoms with Crippen LogP contribution in [0.5, 0.6) is 0 Å². The summed E-state index contributed by atoms with van der Waals surface area (Å²) in [6.45, 7) is 1.55. The molecule has 0 aliphatic rings. The fraction of sp³-hybridized carbons (Fsp3) is 0.714. The number of Topliss-reactive ketones (excluding diaryl/α,β-unsaturated/α-hetero) is 1. The van der Waals surface area contributed by atoms with Crippen LogP contribution < -0.4 is 10.2 Å². The second kappa shape index (κ2) is 7.23. The van der Waals surface area contributed by atoms with Gasteiger partial charge in [0.25, 0.3) is 0 Å². The summed E-state index contributed by atoms with van der Waals surface area (Å²) in [6.07, 6.45) is 0.125. The van der Waals surface area contributed by atoms with Crippen LogP contribution in [0.25, 0.3) is 0 Å². The van der Waals surface area contributed by atoms with Crippen molar-refractivity contribution in [3.63, 3.8) is 0 Å². The predicted octanol–water partition coefficient (Wildman–Crippen LogP) is -0.0695. The SMILES string of the molecule is CC(=O)C(CS)NC(=O)CCN=[N+]=N. The number of nitrogens with one attached hydrogen (secondary N) is 2. The molecule has 0 aromatic rings. The van der Waals surface area contributed by atoms with Gasteiger partial charge in [0.15, 0.2) is 5.78 Å². The topological polar surface area (TPSA) is 96.5 Å². The van der Waals surface area contributed by atoms with Crippen LogP contribution >= 0.6 is 12.6 Å². The van der Waals surface area contributed by atoms with Crippen molar-refractivity contribution in [3.8, 4) is 0 Å². The number of ketones is 1. The minimum Gasteiger partial charge on any atom is -0.345 e. The second-order valence-electron chi connectivity index (χ2n) is 2.63. The average molecular weight is 217 g/mol. The molecule has 0 rings (SSSR count). The average Bonchev–Trinajstić information content (AvgIpc) is 2.14. The van der Waals surface area contributed by atoms with E-state index in [1.54, 1.807) is 0 Å². The first-order chi connectivity index (χ1) is 6.61. The largest absolute Gasteiger partial charge is 0.345 e. The van der Waals surface area contributed by atoms with Crippen LogP contribution in [0.3, 0.4) is 0 Å². The van der Waals surface area contributed by atoms with Crippen molar-refractivity contribution in [2.24, 2.45) is 5.11 Å². The van der Waals surface area contributed by atoms with Crippen molar-refractivity contribution in [1.29, 1.82) is 5.53 Å². The summed E-state index contributed by atoms with van der Waals surface area (Å²) in [7, 11) is 0. The highest BCUT2D eigenvalue weighted by Gasteiger charge is 2.14. The Morgan fingerprint density at radius 2 is 2.29 bits per heavy atom. The van der Waals surface area contributed by atoms with Gasteiger partial charge in [-0.25, -0.2) is 0 Å². The van der Waals surface area contributed by atoms with Gasteiger partial charge in [0.1, 0.15) is 17.2 Å². The van der Waals surface area contributed by atoms with E-state index >= 15 is 0 Å². The lowest BCUT2D eigenvalue weighted by Crippen LogP contribution is -2.41. The van der Waals surface area contributed by atoms with Gasteiger partial charge in [-0.05, 0) is 6.92 Å². The summed E-state index contributed by atoms with van der Waals surface area (Å²) in [6, 6.07) is -0.543. The molecule has 0 spiro atoms. The van der Waals surface area contributed by atoms with Crippen molar-refractivity contribution in [2.75, 3.05) is 12.3 Å². The summed E-state index contributed by atoms with van der Waals surface area (Å²) in [4.78, 5) is 24.8. The predicted molar refractivity (Wildman–Crippen MR) is 53.2 cm³/mol. The van der Waals surface area contributed by atoms with Gasteiger partial charge >= 0.3 is 0 Å². The molecular formula is C7H13N4O2S+. The third kappa shape index (κ3) is 5.45. The molecule has 14 heavy (non-hydrogen) atoms. The maximum Gasteiger partial charge on any atom is 0.222 e. The van der Waals surface area contributed by atoms with Crippen molar-refractivity contribution in [2.45, 2.75) is 19.4 Å². The summed E-state index contributed by atoms with van der Waals surface area (Å²) >= 11 is 3.93. The molecule has 0 heterocycles. The van der Waals surface area contributed by atoms with E-state index in [1.807, 2.05) is 0 Å². The van der Waals surface area contributed by atoms with Crippen LogP contribution in [-0.4, -0.2) is 30.0 Å². The fourth-order valence-electron chi connectivity index (χ4n) is 0.744. The monoisotopic (exact) mass is 217 g/mol. The highest BCUT2D eigenvalue weighted by Crippen LogP contribution is 1.91. The molecule has 2 N–H and O–H groups in total. The number of amides is 1. The molecule has 0 saturated heterocycles. The van der Waals surface area contributed by atoms with Gasteiger partial charge < -0.3 is 5.32 Å². The first-order valence-corrected chi connectivity index (χ1v) is 4.69. The summed E-state index contributed by atoms with van der Waals surface area (Å²) in [5, 5.41) is 5.81. The zero-order chi connectivity index (χ0) is 11.0. The van der Waals surface area contributed by atoms with E-state index in [4.69, 9.17) is 5.53 Å². The summed E-state index contributed by atoms with van der Waals surface area (Å²) in [5.74, 6) is -0.136. The molecule has 0 aliphatic carbocycles. The van der Waals surface area contributed by atoms with E-state index in [0.717, 1.165) is 0 Å². The van der Waals surface area contributed by atoms with Gasteiger partial charge in [-0.1, -0.05) is 0 Å². The number of hydrogen-bond donors (Lipinski definition) is 3. The third-order valence-corrected chi connectivity index (χ3v) is 1.88. The number of hydrogen-bond acceptors (Lipinski definition) is 5. The molecule has 1 atom stereocenters. The molecule has 0 aromatic carbocycles. The first kappa shape index (κ1) is 12.8. The van der Waals surface area contributed by atoms with Gasteiger partial charge in [0, 0.05) is 5.75 Å². The molecule has 7 heteroatoms. The van der Waals surface area contributed by atoms with Gasteiger partial charge in [0.2, 0.25) is 10.8 Å². The summed E-state index contributed by atoms with van der Waals surface area (Å²) < 4.78 is 0. The number of carbonyl (C=O) groups is 2. The second-order valence-corrected chi connectivity index (χ2v) is 2.99. The molecule has 1 unspecified atom stereocenters. The van der Waals surface area contributed by atoms with Gasteiger partial charge in [-0.15, -0.1) is 0 Å². The lowest BCUT2D eigenvalue weighted by Gasteiger charge is -2.11.